The Bertz CT molecular complexity index is 875. The molecule has 2 aromatic carbocycles. The standard InChI is InChI=1S/C23H27BrCl2N2O2S/c1-4-15(2)27-23(30)16(3)28(12-17-8-10-18(24)11-9-17)22(29)14-31-13-19-20(25)6-5-7-21(19)26/h5-11,15-16H,4,12-14H2,1-3H3,(H,27,30). The number of rotatable bonds is 10. The minimum absolute atomic E-state index is 0.0522. The molecule has 2 atom stereocenters. The summed E-state index contributed by atoms with van der Waals surface area (Å²) in [7, 11) is 0. The second kappa shape index (κ2) is 12.7. The SMILES string of the molecule is CCC(C)NC(=O)C(C)N(Cc1ccc(Br)cc1)C(=O)CSCc1c(Cl)cccc1Cl. The van der Waals surface area contributed by atoms with Gasteiger partial charge < -0.3 is 10.2 Å². The summed E-state index contributed by atoms with van der Waals surface area (Å²) in [5.74, 6) is 0.477. The molecule has 31 heavy (non-hydrogen) atoms. The average molecular weight is 546 g/mol. The fourth-order valence-electron chi connectivity index (χ4n) is 2.83. The van der Waals surface area contributed by atoms with E-state index in [2.05, 4.69) is 21.2 Å². The lowest BCUT2D eigenvalue weighted by Crippen LogP contribution is -2.50. The Kier molecular flexibility index (Phi) is 10.7. The highest BCUT2D eigenvalue weighted by atomic mass is 79.9. The summed E-state index contributed by atoms with van der Waals surface area (Å²) < 4.78 is 0.962. The van der Waals surface area contributed by atoms with E-state index in [0.29, 0.717) is 22.3 Å². The van der Waals surface area contributed by atoms with Crippen LogP contribution in [0.4, 0.5) is 0 Å². The van der Waals surface area contributed by atoms with Crippen molar-refractivity contribution in [2.45, 2.75) is 51.6 Å². The zero-order valence-corrected chi connectivity index (χ0v) is 21.7. The lowest BCUT2D eigenvalue weighted by molar-refractivity contribution is -0.138. The number of nitrogens with one attached hydrogen (secondary N) is 1. The van der Waals surface area contributed by atoms with Gasteiger partial charge in [0.25, 0.3) is 0 Å². The molecule has 0 spiro atoms. The van der Waals surface area contributed by atoms with Crippen molar-refractivity contribution in [3.63, 3.8) is 0 Å². The molecular weight excluding hydrogens is 519 g/mol. The maximum Gasteiger partial charge on any atom is 0.242 e. The second-order valence-electron chi connectivity index (χ2n) is 7.33. The molecule has 0 aliphatic carbocycles. The molecule has 0 aromatic heterocycles. The van der Waals surface area contributed by atoms with E-state index < -0.39 is 6.04 Å². The van der Waals surface area contributed by atoms with Crippen molar-refractivity contribution in [2.24, 2.45) is 0 Å². The smallest absolute Gasteiger partial charge is 0.242 e. The second-order valence-corrected chi connectivity index (χ2v) is 10.1. The van der Waals surface area contributed by atoms with Gasteiger partial charge >= 0.3 is 0 Å². The van der Waals surface area contributed by atoms with E-state index in [0.717, 1.165) is 22.0 Å². The predicted molar refractivity (Wildman–Crippen MR) is 135 cm³/mol. The molecule has 2 aromatic rings. The maximum atomic E-state index is 13.1. The number of amides is 2. The highest BCUT2D eigenvalue weighted by Gasteiger charge is 2.26. The highest BCUT2D eigenvalue weighted by molar-refractivity contribution is 9.10. The Morgan fingerprint density at radius 2 is 1.71 bits per heavy atom. The van der Waals surface area contributed by atoms with Gasteiger partial charge in [-0.3, -0.25) is 9.59 Å². The van der Waals surface area contributed by atoms with Gasteiger partial charge in [0.1, 0.15) is 6.04 Å². The van der Waals surface area contributed by atoms with Gasteiger partial charge in [-0.1, -0.05) is 64.3 Å². The average Bonchev–Trinajstić information content (AvgIpc) is 2.74. The third-order valence-electron chi connectivity index (χ3n) is 4.97. The summed E-state index contributed by atoms with van der Waals surface area (Å²) in [4.78, 5) is 27.5. The van der Waals surface area contributed by atoms with Crippen molar-refractivity contribution in [3.05, 3.63) is 68.1 Å². The minimum atomic E-state index is -0.588. The number of carbonyl (C=O) groups is 2. The molecule has 2 rings (SSSR count). The van der Waals surface area contributed by atoms with Crippen molar-refractivity contribution in [1.29, 1.82) is 0 Å². The molecule has 1 N–H and O–H groups in total. The normalized spacial score (nSPS) is 12.8. The first-order valence-corrected chi connectivity index (χ1v) is 12.8. The van der Waals surface area contributed by atoms with Crippen molar-refractivity contribution in [1.82, 2.24) is 10.2 Å². The quantitative estimate of drug-likeness (QED) is 0.380. The molecule has 0 bridgehead atoms. The molecule has 0 aliphatic rings. The van der Waals surface area contributed by atoms with Crippen LogP contribution in [0.3, 0.4) is 0 Å². The summed E-state index contributed by atoms with van der Waals surface area (Å²) in [5, 5.41) is 4.14. The van der Waals surface area contributed by atoms with Gasteiger partial charge in [0.2, 0.25) is 11.8 Å². The Labute approximate surface area is 207 Å². The van der Waals surface area contributed by atoms with Crippen molar-refractivity contribution >= 4 is 62.7 Å². The van der Waals surface area contributed by atoms with E-state index in [1.807, 2.05) is 38.1 Å². The topological polar surface area (TPSA) is 49.4 Å². The van der Waals surface area contributed by atoms with Gasteiger partial charge in [-0.25, -0.2) is 0 Å². The maximum absolute atomic E-state index is 13.1. The predicted octanol–water partition coefficient (Wildman–Crippen LogP) is 6.32. The number of benzene rings is 2. The first-order valence-electron chi connectivity index (χ1n) is 10.1. The Balaban J connectivity index is 2.11. The monoisotopic (exact) mass is 544 g/mol. The van der Waals surface area contributed by atoms with Crippen LogP contribution in [0, 0.1) is 0 Å². The fourth-order valence-corrected chi connectivity index (χ4v) is 4.74. The summed E-state index contributed by atoms with van der Waals surface area (Å²) in [6.45, 7) is 6.09. The number of halogens is 3. The van der Waals surface area contributed by atoms with Gasteiger partial charge in [0.15, 0.2) is 0 Å². The summed E-state index contributed by atoms with van der Waals surface area (Å²) in [6.07, 6.45) is 0.827. The molecule has 4 nitrogen and oxygen atoms in total. The van der Waals surface area contributed by atoms with Crippen LogP contribution in [0.5, 0.6) is 0 Å². The first-order chi connectivity index (χ1) is 14.7. The van der Waals surface area contributed by atoms with Crippen LogP contribution in [-0.2, 0) is 21.9 Å². The van der Waals surface area contributed by atoms with E-state index in [-0.39, 0.29) is 23.6 Å². The molecule has 2 amide bonds. The van der Waals surface area contributed by atoms with Crippen LogP contribution in [0.25, 0.3) is 0 Å². The minimum Gasteiger partial charge on any atom is -0.352 e. The van der Waals surface area contributed by atoms with Crippen LogP contribution in [0.1, 0.15) is 38.3 Å². The molecule has 2 unspecified atom stereocenters. The van der Waals surface area contributed by atoms with E-state index >= 15 is 0 Å². The van der Waals surface area contributed by atoms with Gasteiger partial charge in [-0.2, -0.15) is 0 Å². The number of hydrogen-bond acceptors (Lipinski definition) is 3. The molecular formula is C23H27BrCl2N2O2S. The number of thioether (sulfide) groups is 1. The Hall–Kier alpha value is -1.21. The van der Waals surface area contributed by atoms with Crippen LogP contribution < -0.4 is 5.32 Å². The number of hydrogen-bond donors (Lipinski definition) is 1. The summed E-state index contributed by atoms with van der Waals surface area (Å²) in [6, 6.07) is 12.6. The summed E-state index contributed by atoms with van der Waals surface area (Å²) in [5.41, 5.74) is 1.77. The van der Waals surface area contributed by atoms with Crippen LogP contribution in [0.2, 0.25) is 10.0 Å². The van der Waals surface area contributed by atoms with E-state index in [1.165, 1.54) is 11.8 Å². The molecule has 0 heterocycles. The highest BCUT2D eigenvalue weighted by Crippen LogP contribution is 2.28. The molecule has 8 heteroatoms. The summed E-state index contributed by atoms with van der Waals surface area (Å²) >= 11 is 17.3. The van der Waals surface area contributed by atoms with Crippen molar-refractivity contribution < 1.29 is 9.59 Å². The number of carbonyl (C=O) groups excluding carboxylic acids is 2. The zero-order valence-electron chi connectivity index (χ0n) is 17.8. The third-order valence-corrected chi connectivity index (χ3v) is 7.15. The Morgan fingerprint density at radius 3 is 2.29 bits per heavy atom. The van der Waals surface area contributed by atoms with Crippen LogP contribution >= 0.6 is 50.9 Å². The molecule has 0 aliphatic heterocycles. The molecule has 0 saturated heterocycles. The molecule has 0 fully saturated rings. The van der Waals surface area contributed by atoms with Crippen molar-refractivity contribution in [2.75, 3.05) is 5.75 Å². The van der Waals surface area contributed by atoms with Crippen LogP contribution in [-0.4, -0.2) is 34.6 Å². The first kappa shape index (κ1) is 26.0. The third kappa shape index (κ3) is 8.01. The van der Waals surface area contributed by atoms with Crippen LogP contribution in [0.15, 0.2) is 46.9 Å². The Morgan fingerprint density at radius 1 is 1.10 bits per heavy atom. The zero-order chi connectivity index (χ0) is 23.0. The number of nitrogens with zero attached hydrogens (tertiary/aromatic N) is 1. The lowest BCUT2D eigenvalue weighted by Gasteiger charge is -2.29. The van der Waals surface area contributed by atoms with Gasteiger partial charge in [0, 0.05) is 32.9 Å². The van der Waals surface area contributed by atoms with E-state index in [9.17, 15) is 9.59 Å². The van der Waals surface area contributed by atoms with E-state index in [1.54, 1.807) is 30.0 Å². The fraction of sp³-hybridized carbons (Fsp3) is 0.391. The lowest BCUT2D eigenvalue weighted by atomic mass is 10.1. The largest absolute Gasteiger partial charge is 0.352 e. The van der Waals surface area contributed by atoms with Crippen molar-refractivity contribution in [3.8, 4) is 0 Å². The molecule has 168 valence electrons. The van der Waals surface area contributed by atoms with Gasteiger partial charge in [0.05, 0.1) is 5.75 Å². The molecule has 0 radical (unpaired) electrons. The van der Waals surface area contributed by atoms with E-state index in [4.69, 9.17) is 23.2 Å². The van der Waals surface area contributed by atoms with Gasteiger partial charge in [-0.05, 0) is 55.7 Å². The molecule has 0 saturated carbocycles. The van der Waals surface area contributed by atoms with Gasteiger partial charge in [-0.15, -0.1) is 11.8 Å².